The van der Waals surface area contributed by atoms with Crippen LogP contribution in [0.1, 0.15) is 33.3 Å². The molecular formula is C17H29ClN2O. The van der Waals surface area contributed by atoms with E-state index in [0.29, 0.717) is 18.6 Å². The Kier molecular flexibility index (Phi) is 8.09. The number of ether oxygens (including phenoxy) is 1. The molecule has 1 rings (SSSR count). The maximum Gasteiger partial charge on any atom is 0.0663 e. The number of hydrogen-bond acceptors (Lipinski definition) is 3. The van der Waals surface area contributed by atoms with E-state index in [1.54, 1.807) is 7.11 Å². The van der Waals surface area contributed by atoms with Crippen LogP contribution in [0.3, 0.4) is 0 Å². The molecule has 0 spiro atoms. The minimum Gasteiger partial charge on any atom is -0.383 e. The summed E-state index contributed by atoms with van der Waals surface area (Å²) in [4.78, 5) is 2.32. The molecule has 1 unspecified atom stereocenters. The molecule has 1 aromatic carbocycles. The molecule has 0 fully saturated rings. The monoisotopic (exact) mass is 312 g/mol. The number of rotatable bonds is 9. The van der Waals surface area contributed by atoms with Gasteiger partial charge in [-0.05, 0) is 37.9 Å². The molecule has 3 nitrogen and oxygen atoms in total. The average Bonchev–Trinajstić information content (AvgIpc) is 2.42. The first kappa shape index (κ1) is 18.3. The van der Waals surface area contributed by atoms with Gasteiger partial charge in [0.25, 0.3) is 0 Å². The summed E-state index contributed by atoms with van der Waals surface area (Å²) in [7, 11) is 1.74. The third kappa shape index (κ3) is 5.50. The van der Waals surface area contributed by atoms with Crippen LogP contribution in [0, 0.1) is 5.92 Å². The van der Waals surface area contributed by atoms with Gasteiger partial charge in [0.15, 0.2) is 0 Å². The number of methoxy groups -OCH3 is 1. The predicted octanol–water partition coefficient (Wildman–Crippen LogP) is 3.95. The van der Waals surface area contributed by atoms with E-state index in [2.05, 4.69) is 44.0 Å². The SMILES string of the molecule is CCN(c1c(Cl)cccc1CNCC(C)C)C(C)COC. The Morgan fingerprint density at radius 3 is 2.57 bits per heavy atom. The Hall–Kier alpha value is -0.770. The van der Waals surface area contributed by atoms with E-state index in [0.717, 1.165) is 30.3 Å². The molecule has 0 amide bonds. The van der Waals surface area contributed by atoms with Crippen LogP contribution in [-0.2, 0) is 11.3 Å². The van der Waals surface area contributed by atoms with Crippen molar-refractivity contribution >= 4 is 17.3 Å². The zero-order chi connectivity index (χ0) is 15.8. The van der Waals surface area contributed by atoms with Gasteiger partial charge in [0.2, 0.25) is 0 Å². The number of nitrogens with zero attached hydrogens (tertiary/aromatic N) is 1. The first-order valence-corrected chi connectivity index (χ1v) is 8.12. The van der Waals surface area contributed by atoms with Crippen molar-refractivity contribution in [1.29, 1.82) is 0 Å². The first-order chi connectivity index (χ1) is 10.0. The molecule has 1 atom stereocenters. The molecule has 0 heterocycles. The van der Waals surface area contributed by atoms with Crippen molar-refractivity contribution in [3.8, 4) is 0 Å². The largest absolute Gasteiger partial charge is 0.383 e. The Morgan fingerprint density at radius 1 is 1.29 bits per heavy atom. The molecule has 0 aliphatic heterocycles. The van der Waals surface area contributed by atoms with Gasteiger partial charge in [0, 0.05) is 26.2 Å². The molecule has 0 radical (unpaired) electrons. The zero-order valence-electron chi connectivity index (χ0n) is 13.9. The fourth-order valence-corrected chi connectivity index (χ4v) is 2.84. The second-order valence-corrected chi connectivity index (χ2v) is 6.27. The lowest BCUT2D eigenvalue weighted by Crippen LogP contribution is -2.37. The summed E-state index contributed by atoms with van der Waals surface area (Å²) in [6.07, 6.45) is 0. The molecule has 21 heavy (non-hydrogen) atoms. The molecule has 1 N–H and O–H groups in total. The Bertz CT molecular complexity index is 423. The minimum atomic E-state index is 0.295. The molecule has 0 aliphatic rings. The number of halogens is 1. The van der Waals surface area contributed by atoms with Crippen LogP contribution in [0.15, 0.2) is 18.2 Å². The summed E-state index contributed by atoms with van der Waals surface area (Å²) in [5.41, 5.74) is 2.37. The van der Waals surface area contributed by atoms with Gasteiger partial charge in [0.05, 0.1) is 17.3 Å². The van der Waals surface area contributed by atoms with Gasteiger partial charge in [0.1, 0.15) is 0 Å². The molecule has 0 bridgehead atoms. The quantitative estimate of drug-likeness (QED) is 0.747. The minimum absolute atomic E-state index is 0.295. The number of hydrogen-bond donors (Lipinski definition) is 1. The van der Waals surface area contributed by atoms with Crippen molar-refractivity contribution in [1.82, 2.24) is 5.32 Å². The second kappa shape index (κ2) is 9.29. The van der Waals surface area contributed by atoms with Gasteiger partial charge in [-0.15, -0.1) is 0 Å². The maximum atomic E-state index is 6.48. The van der Waals surface area contributed by atoms with E-state index in [4.69, 9.17) is 16.3 Å². The first-order valence-electron chi connectivity index (χ1n) is 7.74. The van der Waals surface area contributed by atoms with Crippen molar-refractivity contribution in [3.63, 3.8) is 0 Å². The number of nitrogens with one attached hydrogen (secondary N) is 1. The summed E-state index contributed by atoms with van der Waals surface area (Å²) in [5, 5.41) is 4.31. The number of benzene rings is 1. The second-order valence-electron chi connectivity index (χ2n) is 5.86. The summed E-state index contributed by atoms with van der Waals surface area (Å²) in [6.45, 7) is 12.2. The highest BCUT2D eigenvalue weighted by Gasteiger charge is 2.18. The van der Waals surface area contributed by atoms with E-state index in [1.165, 1.54) is 5.56 Å². The smallest absolute Gasteiger partial charge is 0.0663 e. The molecule has 0 aromatic heterocycles. The summed E-state index contributed by atoms with van der Waals surface area (Å²) in [5.74, 6) is 0.641. The van der Waals surface area contributed by atoms with E-state index in [9.17, 15) is 0 Å². The van der Waals surface area contributed by atoms with Gasteiger partial charge >= 0.3 is 0 Å². The Balaban J connectivity index is 2.96. The fraction of sp³-hybridized carbons (Fsp3) is 0.647. The molecule has 0 saturated heterocycles. The van der Waals surface area contributed by atoms with E-state index >= 15 is 0 Å². The Labute approximate surface area is 134 Å². The number of likely N-dealkylation sites (N-methyl/N-ethyl adjacent to an activating group) is 1. The molecule has 0 aliphatic carbocycles. The number of para-hydroxylation sites is 1. The van der Waals surface area contributed by atoms with E-state index in [-0.39, 0.29) is 0 Å². The van der Waals surface area contributed by atoms with Crippen LogP contribution >= 0.6 is 11.6 Å². The van der Waals surface area contributed by atoms with E-state index in [1.807, 2.05) is 12.1 Å². The van der Waals surface area contributed by atoms with Gasteiger partial charge in [-0.1, -0.05) is 37.6 Å². The lowest BCUT2D eigenvalue weighted by atomic mass is 10.1. The van der Waals surface area contributed by atoms with Crippen molar-refractivity contribution in [2.75, 3.05) is 31.7 Å². The van der Waals surface area contributed by atoms with Crippen LogP contribution in [-0.4, -0.2) is 32.8 Å². The lowest BCUT2D eigenvalue weighted by molar-refractivity contribution is 0.182. The molecule has 4 heteroatoms. The highest BCUT2D eigenvalue weighted by atomic mass is 35.5. The van der Waals surface area contributed by atoms with Gasteiger partial charge < -0.3 is 15.0 Å². The predicted molar refractivity (Wildman–Crippen MR) is 92.4 cm³/mol. The third-order valence-electron chi connectivity index (χ3n) is 3.51. The normalized spacial score (nSPS) is 12.7. The summed E-state index contributed by atoms with van der Waals surface area (Å²) < 4.78 is 5.30. The highest BCUT2D eigenvalue weighted by molar-refractivity contribution is 6.33. The topological polar surface area (TPSA) is 24.5 Å². The van der Waals surface area contributed by atoms with Crippen molar-refractivity contribution in [2.45, 2.75) is 40.3 Å². The van der Waals surface area contributed by atoms with Crippen LogP contribution < -0.4 is 10.2 Å². The third-order valence-corrected chi connectivity index (χ3v) is 3.81. The van der Waals surface area contributed by atoms with Gasteiger partial charge in [-0.2, -0.15) is 0 Å². The van der Waals surface area contributed by atoms with Crippen LogP contribution in [0.2, 0.25) is 5.02 Å². The van der Waals surface area contributed by atoms with Crippen molar-refractivity contribution < 1.29 is 4.74 Å². The van der Waals surface area contributed by atoms with Crippen molar-refractivity contribution in [2.24, 2.45) is 5.92 Å². The number of anilines is 1. The summed E-state index contributed by atoms with van der Waals surface area (Å²) >= 11 is 6.48. The van der Waals surface area contributed by atoms with Crippen LogP contribution in [0.4, 0.5) is 5.69 Å². The molecule has 0 saturated carbocycles. The maximum absolute atomic E-state index is 6.48. The Morgan fingerprint density at radius 2 is 2.00 bits per heavy atom. The van der Waals surface area contributed by atoms with Crippen molar-refractivity contribution in [3.05, 3.63) is 28.8 Å². The fourth-order valence-electron chi connectivity index (χ4n) is 2.54. The van der Waals surface area contributed by atoms with Gasteiger partial charge in [-0.25, -0.2) is 0 Å². The highest BCUT2D eigenvalue weighted by Crippen LogP contribution is 2.31. The molecule has 120 valence electrons. The van der Waals surface area contributed by atoms with Gasteiger partial charge in [-0.3, -0.25) is 0 Å². The standard InChI is InChI=1S/C17H29ClN2O/c1-6-20(14(4)12-21-5)17-15(8-7-9-16(17)18)11-19-10-13(2)3/h7-9,13-14,19H,6,10-12H2,1-5H3. The van der Waals surface area contributed by atoms with Crippen LogP contribution in [0.5, 0.6) is 0 Å². The molecule has 1 aromatic rings. The van der Waals surface area contributed by atoms with Crippen LogP contribution in [0.25, 0.3) is 0 Å². The molecular weight excluding hydrogens is 284 g/mol. The lowest BCUT2D eigenvalue weighted by Gasteiger charge is -2.32. The van der Waals surface area contributed by atoms with E-state index < -0.39 is 0 Å². The zero-order valence-corrected chi connectivity index (χ0v) is 14.7. The summed E-state index contributed by atoms with van der Waals surface area (Å²) in [6, 6.07) is 6.43. The average molecular weight is 313 g/mol.